The Hall–Kier alpha value is -1.94. The molecule has 0 amide bonds. The maximum absolute atomic E-state index is 13.5. The van der Waals surface area contributed by atoms with Gasteiger partial charge < -0.3 is 10.4 Å². The highest BCUT2D eigenvalue weighted by Crippen LogP contribution is 2.21. The van der Waals surface area contributed by atoms with E-state index in [4.69, 9.17) is 0 Å². The first-order valence-corrected chi connectivity index (χ1v) is 6.41. The predicted molar refractivity (Wildman–Crippen MR) is 75.7 cm³/mol. The van der Waals surface area contributed by atoms with Gasteiger partial charge in [0.2, 0.25) is 0 Å². The topological polar surface area (TPSA) is 32.3 Å². The molecule has 0 radical (unpaired) electrons. The Labute approximate surface area is 117 Å². The molecule has 0 aliphatic carbocycles. The summed E-state index contributed by atoms with van der Waals surface area (Å²) in [7, 11) is 0. The lowest BCUT2D eigenvalue weighted by molar-refractivity contribution is 0.186. The first kappa shape index (κ1) is 14.5. The number of anilines is 1. The van der Waals surface area contributed by atoms with E-state index in [0.29, 0.717) is 0 Å². The molecular formula is C16H17F2NO. The number of rotatable bonds is 4. The van der Waals surface area contributed by atoms with E-state index in [1.807, 2.05) is 32.0 Å². The summed E-state index contributed by atoms with van der Waals surface area (Å²) in [6.07, 6.45) is -1.11. The van der Waals surface area contributed by atoms with Crippen LogP contribution in [0.3, 0.4) is 0 Å². The lowest BCUT2D eigenvalue weighted by Crippen LogP contribution is -2.14. The molecule has 2 rings (SSSR count). The van der Waals surface area contributed by atoms with Crippen molar-refractivity contribution in [1.82, 2.24) is 0 Å². The molecule has 106 valence electrons. The maximum atomic E-state index is 13.5. The molecule has 0 fully saturated rings. The average molecular weight is 277 g/mol. The van der Waals surface area contributed by atoms with E-state index < -0.39 is 17.7 Å². The fourth-order valence-corrected chi connectivity index (χ4v) is 2.10. The molecule has 0 saturated carbocycles. The van der Waals surface area contributed by atoms with E-state index >= 15 is 0 Å². The van der Waals surface area contributed by atoms with Crippen molar-refractivity contribution in [2.75, 3.05) is 11.9 Å². The Balaban J connectivity index is 2.08. The van der Waals surface area contributed by atoms with Crippen molar-refractivity contribution in [2.24, 2.45) is 0 Å². The summed E-state index contributed by atoms with van der Waals surface area (Å²) in [4.78, 5) is 0. The SMILES string of the molecule is Cc1ccc(NCC(O)c2cc(F)ccc2F)c(C)c1. The molecule has 20 heavy (non-hydrogen) atoms. The smallest absolute Gasteiger partial charge is 0.129 e. The molecule has 0 saturated heterocycles. The summed E-state index contributed by atoms with van der Waals surface area (Å²) < 4.78 is 26.6. The van der Waals surface area contributed by atoms with Crippen LogP contribution in [0.1, 0.15) is 22.8 Å². The highest BCUT2D eigenvalue weighted by molar-refractivity contribution is 5.52. The van der Waals surface area contributed by atoms with Crippen LogP contribution in [0, 0.1) is 25.5 Å². The van der Waals surface area contributed by atoms with Gasteiger partial charge in [-0.1, -0.05) is 17.7 Å². The number of aliphatic hydroxyl groups excluding tert-OH is 1. The summed E-state index contributed by atoms with van der Waals surface area (Å²) in [5, 5.41) is 13.0. The Bertz CT molecular complexity index is 613. The number of hydrogen-bond acceptors (Lipinski definition) is 2. The van der Waals surface area contributed by atoms with Gasteiger partial charge in [0.1, 0.15) is 11.6 Å². The summed E-state index contributed by atoms with van der Waals surface area (Å²) >= 11 is 0. The lowest BCUT2D eigenvalue weighted by Gasteiger charge is -2.15. The zero-order chi connectivity index (χ0) is 14.7. The second-order valence-corrected chi connectivity index (χ2v) is 4.88. The molecule has 2 nitrogen and oxygen atoms in total. The zero-order valence-electron chi connectivity index (χ0n) is 11.5. The van der Waals surface area contributed by atoms with Gasteiger partial charge in [-0.2, -0.15) is 0 Å². The fraction of sp³-hybridized carbons (Fsp3) is 0.250. The number of aryl methyl sites for hydroxylation is 2. The van der Waals surface area contributed by atoms with E-state index in [2.05, 4.69) is 5.32 Å². The second kappa shape index (κ2) is 6.01. The first-order valence-electron chi connectivity index (χ1n) is 6.41. The standard InChI is InChI=1S/C16H17F2NO/c1-10-3-6-15(11(2)7-10)19-9-16(20)13-8-12(17)4-5-14(13)18/h3-8,16,19-20H,9H2,1-2H3. The molecule has 2 aromatic rings. The first-order chi connectivity index (χ1) is 9.47. The highest BCUT2D eigenvalue weighted by atomic mass is 19.1. The van der Waals surface area contributed by atoms with E-state index in [-0.39, 0.29) is 12.1 Å². The van der Waals surface area contributed by atoms with Crippen molar-refractivity contribution < 1.29 is 13.9 Å². The van der Waals surface area contributed by atoms with Gasteiger partial charge >= 0.3 is 0 Å². The number of aliphatic hydroxyl groups is 1. The third-order valence-corrected chi connectivity index (χ3v) is 3.18. The fourth-order valence-electron chi connectivity index (χ4n) is 2.10. The molecule has 4 heteroatoms. The number of benzene rings is 2. The molecular weight excluding hydrogens is 260 g/mol. The largest absolute Gasteiger partial charge is 0.386 e. The zero-order valence-corrected chi connectivity index (χ0v) is 11.5. The molecule has 2 N–H and O–H groups in total. The average Bonchev–Trinajstić information content (AvgIpc) is 2.40. The summed E-state index contributed by atoms with van der Waals surface area (Å²) in [5.41, 5.74) is 3.01. The minimum Gasteiger partial charge on any atom is -0.386 e. The monoisotopic (exact) mass is 277 g/mol. The van der Waals surface area contributed by atoms with Crippen molar-refractivity contribution >= 4 is 5.69 Å². The Morgan fingerprint density at radius 2 is 1.85 bits per heavy atom. The van der Waals surface area contributed by atoms with Crippen LogP contribution in [0.25, 0.3) is 0 Å². The maximum Gasteiger partial charge on any atom is 0.129 e. The molecule has 0 heterocycles. The van der Waals surface area contributed by atoms with Gasteiger partial charge in [-0.15, -0.1) is 0 Å². The quantitative estimate of drug-likeness (QED) is 0.892. The Morgan fingerprint density at radius 1 is 1.10 bits per heavy atom. The summed E-state index contributed by atoms with van der Waals surface area (Å²) in [5.74, 6) is -1.17. The van der Waals surface area contributed by atoms with Crippen molar-refractivity contribution in [1.29, 1.82) is 0 Å². The number of halogens is 2. The molecule has 0 spiro atoms. The lowest BCUT2D eigenvalue weighted by atomic mass is 10.1. The van der Waals surface area contributed by atoms with E-state index in [1.54, 1.807) is 0 Å². The van der Waals surface area contributed by atoms with Crippen LogP contribution in [-0.2, 0) is 0 Å². The summed E-state index contributed by atoms with van der Waals surface area (Å²) in [6.45, 7) is 4.06. The number of nitrogens with one attached hydrogen (secondary N) is 1. The normalized spacial score (nSPS) is 12.2. The van der Waals surface area contributed by atoms with Crippen LogP contribution in [0.5, 0.6) is 0 Å². The van der Waals surface area contributed by atoms with Gasteiger partial charge in [0.25, 0.3) is 0 Å². The van der Waals surface area contributed by atoms with Crippen molar-refractivity contribution in [2.45, 2.75) is 20.0 Å². The van der Waals surface area contributed by atoms with Crippen molar-refractivity contribution in [3.8, 4) is 0 Å². The van der Waals surface area contributed by atoms with Gasteiger partial charge in [0.15, 0.2) is 0 Å². The van der Waals surface area contributed by atoms with Crippen LogP contribution < -0.4 is 5.32 Å². The van der Waals surface area contributed by atoms with E-state index in [1.165, 1.54) is 0 Å². The Morgan fingerprint density at radius 3 is 2.55 bits per heavy atom. The summed E-state index contributed by atoms with van der Waals surface area (Å²) in [6, 6.07) is 8.93. The third kappa shape index (κ3) is 3.33. The van der Waals surface area contributed by atoms with Crippen LogP contribution in [0.4, 0.5) is 14.5 Å². The minimum absolute atomic E-state index is 0.0396. The van der Waals surface area contributed by atoms with E-state index in [9.17, 15) is 13.9 Å². The van der Waals surface area contributed by atoms with Crippen LogP contribution in [0.15, 0.2) is 36.4 Å². The van der Waals surface area contributed by atoms with Crippen molar-refractivity contribution in [3.05, 3.63) is 64.7 Å². The third-order valence-electron chi connectivity index (χ3n) is 3.18. The molecule has 0 aliphatic heterocycles. The second-order valence-electron chi connectivity index (χ2n) is 4.88. The molecule has 2 aromatic carbocycles. The van der Waals surface area contributed by atoms with Crippen LogP contribution in [-0.4, -0.2) is 11.7 Å². The Kier molecular flexibility index (Phi) is 4.35. The molecule has 0 aliphatic rings. The van der Waals surface area contributed by atoms with E-state index in [0.717, 1.165) is 35.0 Å². The van der Waals surface area contributed by atoms with Gasteiger partial charge in [-0.05, 0) is 43.7 Å². The number of hydrogen-bond donors (Lipinski definition) is 2. The molecule has 0 aromatic heterocycles. The van der Waals surface area contributed by atoms with Gasteiger partial charge in [0.05, 0.1) is 6.10 Å². The van der Waals surface area contributed by atoms with Gasteiger partial charge in [-0.25, -0.2) is 8.78 Å². The molecule has 0 bridgehead atoms. The highest BCUT2D eigenvalue weighted by Gasteiger charge is 2.14. The van der Waals surface area contributed by atoms with Gasteiger partial charge in [0, 0.05) is 17.8 Å². The van der Waals surface area contributed by atoms with Crippen LogP contribution in [0.2, 0.25) is 0 Å². The van der Waals surface area contributed by atoms with Gasteiger partial charge in [-0.3, -0.25) is 0 Å². The predicted octanol–water partition coefficient (Wildman–Crippen LogP) is 3.73. The van der Waals surface area contributed by atoms with Crippen molar-refractivity contribution in [3.63, 3.8) is 0 Å². The van der Waals surface area contributed by atoms with Crippen LogP contribution >= 0.6 is 0 Å². The minimum atomic E-state index is -1.11. The molecule has 1 unspecified atom stereocenters. The molecule has 1 atom stereocenters.